The van der Waals surface area contributed by atoms with Gasteiger partial charge < -0.3 is 15.7 Å². The fourth-order valence-corrected chi connectivity index (χ4v) is 1.62. The van der Waals surface area contributed by atoms with Crippen LogP contribution in [0.1, 0.15) is 15.9 Å². The third kappa shape index (κ3) is 4.44. The molecule has 0 radical (unpaired) electrons. The van der Waals surface area contributed by atoms with Gasteiger partial charge in [0.2, 0.25) is 0 Å². The molecule has 1 rings (SSSR count). The van der Waals surface area contributed by atoms with E-state index < -0.39 is 18.6 Å². The van der Waals surface area contributed by atoms with Gasteiger partial charge in [-0.05, 0) is 24.6 Å². The van der Waals surface area contributed by atoms with Gasteiger partial charge >= 0.3 is 6.18 Å². The Morgan fingerprint density at radius 1 is 1.42 bits per heavy atom. The van der Waals surface area contributed by atoms with Crippen LogP contribution in [-0.2, 0) is 0 Å². The van der Waals surface area contributed by atoms with Crippen LogP contribution in [0.25, 0.3) is 0 Å². The predicted octanol–water partition coefficient (Wildman–Crippen LogP) is 1.66. The number of phenols is 1. The lowest BCUT2D eigenvalue weighted by Gasteiger charge is -2.23. The molecule has 0 aliphatic carbocycles. The highest BCUT2D eigenvalue weighted by Gasteiger charge is 2.33. The second-order valence-electron chi connectivity index (χ2n) is 4.15. The first-order valence-corrected chi connectivity index (χ1v) is 5.60. The van der Waals surface area contributed by atoms with Crippen LogP contribution < -0.4 is 5.73 Å². The smallest absolute Gasteiger partial charge is 0.406 e. The number of hydrogen-bond acceptors (Lipinski definition) is 3. The SMILES string of the molecule is Cc1ccc(C(=O)N(CCN)CC(F)(F)F)c(O)c1. The molecule has 0 heterocycles. The molecular formula is C12H15F3N2O2. The molecule has 7 heteroatoms. The van der Waals surface area contributed by atoms with Crippen LogP contribution in [0.4, 0.5) is 13.2 Å². The summed E-state index contributed by atoms with van der Waals surface area (Å²) in [6.07, 6.45) is -4.51. The zero-order valence-electron chi connectivity index (χ0n) is 10.4. The van der Waals surface area contributed by atoms with Gasteiger partial charge in [0, 0.05) is 13.1 Å². The fraction of sp³-hybridized carbons (Fsp3) is 0.417. The predicted molar refractivity (Wildman–Crippen MR) is 63.9 cm³/mol. The molecule has 0 aliphatic heterocycles. The minimum atomic E-state index is -4.51. The minimum absolute atomic E-state index is 0.0888. The Hall–Kier alpha value is -1.76. The molecule has 1 aromatic carbocycles. The van der Waals surface area contributed by atoms with E-state index >= 15 is 0 Å². The van der Waals surface area contributed by atoms with Gasteiger partial charge in [-0.15, -0.1) is 0 Å². The number of carbonyl (C=O) groups is 1. The molecule has 0 aliphatic rings. The lowest BCUT2D eigenvalue weighted by Crippen LogP contribution is -2.41. The monoisotopic (exact) mass is 276 g/mol. The molecule has 0 bridgehead atoms. The highest BCUT2D eigenvalue weighted by Crippen LogP contribution is 2.23. The average Bonchev–Trinajstić information content (AvgIpc) is 2.26. The standard InChI is InChI=1S/C12H15F3N2O2/c1-8-2-3-9(10(18)6-8)11(19)17(5-4-16)7-12(13,14)15/h2-3,6,18H,4-5,7,16H2,1H3. The minimum Gasteiger partial charge on any atom is -0.507 e. The molecule has 0 fully saturated rings. The summed E-state index contributed by atoms with van der Waals surface area (Å²) in [6.45, 7) is -0.0161. The second-order valence-corrected chi connectivity index (χ2v) is 4.15. The molecule has 19 heavy (non-hydrogen) atoms. The van der Waals surface area contributed by atoms with Crippen molar-refractivity contribution in [1.82, 2.24) is 4.90 Å². The molecule has 1 amide bonds. The van der Waals surface area contributed by atoms with Crippen molar-refractivity contribution < 1.29 is 23.1 Å². The Morgan fingerprint density at radius 3 is 2.53 bits per heavy atom. The van der Waals surface area contributed by atoms with Crippen molar-refractivity contribution in [3.05, 3.63) is 29.3 Å². The van der Waals surface area contributed by atoms with E-state index in [4.69, 9.17) is 5.73 Å². The molecule has 0 spiro atoms. The number of amides is 1. The van der Waals surface area contributed by atoms with Crippen molar-refractivity contribution in [1.29, 1.82) is 0 Å². The lowest BCUT2D eigenvalue weighted by atomic mass is 10.1. The van der Waals surface area contributed by atoms with Gasteiger partial charge in [-0.25, -0.2) is 0 Å². The Labute approximate surface area is 108 Å². The number of carbonyl (C=O) groups excluding carboxylic acids is 1. The number of nitrogens with zero attached hydrogens (tertiary/aromatic N) is 1. The molecular weight excluding hydrogens is 261 g/mol. The zero-order chi connectivity index (χ0) is 14.6. The largest absolute Gasteiger partial charge is 0.507 e. The molecule has 1 aromatic rings. The van der Waals surface area contributed by atoms with Crippen molar-refractivity contribution in [3.63, 3.8) is 0 Å². The van der Waals surface area contributed by atoms with E-state index in [1.165, 1.54) is 12.1 Å². The first-order chi connectivity index (χ1) is 8.74. The number of hydrogen-bond donors (Lipinski definition) is 2. The van der Waals surface area contributed by atoms with Crippen LogP contribution in [0.5, 0.6) is 5.75 Å². The maximum absolute atomic E-state index is 12.4. The van der Waals surface area contributed by atoms with Gasteiger partial charge in [-0.3, -0.25) is 4.79 Å². The highest BCUT2D eigenvalue weighted by atomic mass is 19.4. The normalized spacial score (nSPS) is 11.4. The average molecular weight is 276 g/mol. The van der Waals surface area contributed by atoms with Crippen LogP contribution >= 0.6 is 0 Å². The lowest BCUT2D eigenvalue weighted by molar-refractivity contribution is -0.140. The van der Waals surface area contributed by atoms with E-state index in [9.17, 15) is 23.1 Å². The van der Waals surface area contributed by atoms with E-state index in [2.05, 4.69) is 0 Å². The van der Waals surface area contributed by atoms with Crippen LogP contribution in [-0.4, -0.2) is 41.7 Å². The van der Waals surface area contributed by atoms with Crippen molar-refractivity contribution in [2.24, 2.45) is 5.73 Å². The van der Waals surface area contributed by atoms with Crippen molar-refractivity contribution >= 4 is 5.91 Å². The topological polar surface area (TPSA) is 66.6 Å². The molecule has 0 saturated carbocycles. The molecule has 0 unspecified atom stereocenters. The Bertz CT molecular complexity index is 461. The van der Waals surface area contributed by atoms with E-state index in [1.807, 2.05) is 0 Å². The third-order valence-electron chi connectivity index (χ3n) is 2.44. The number of halogens is 3. The number of nitrogens with two attached hydrogens (primary N) is 1. The first kappa shape index (κ1) is 15.3. The van der Waals surface area contributed by atoms with Crippen LogP contribution in [0.15, 0.2) is 18.2 Å². The van der Waals surface area contributed by atoms with Gasteiger partial charge in [0.15, 0.2) is 0 Å². The summed E-state index contributed by atoms with van der Waals surface area (Å²) >= 11 is 0. The van der Waals surface area contributed by atoms with Gasteiger partial charge in [0.25, 0.3) is 5.91 Å². The summed E-state index contributed by atoms with van der Waals surface area (Å²) in [7, 11) is 0. The molecule has 3 N–H and O–H groups in total. The number of benzene rings is 1. The number of alkyl halides is 3. The highest BCUT2D eigenvalue weighted by molar-refractivity contribution is 5.97. The molecule has 0 saturated heterocycles. The first-order valence-electron chi connectivity index (χ1n) is 5.60. The summed E-state index contributed by atoms with van der Waals surface area (Å²) in [5, 5.41) is 9.62. The van der Waals surface area contributed by atoms with Crippen LogP contribution in [0.2, 0.25) is 0 Å². The Morgan fingerprint density at radius 2 is 2.05 bits per heavy atom. The quantitative estimate of drug-likeness (QED) is 0.879. The summed E-state index contributed by atoms with van der Waals surface area (Å²) in [4.78, 5) is 12.5. The summed E-state index contributed by atoms with van der Waals surface area (Å²) in [6, 6.07) is 4.16. The number of aryl methyl sites for hydroxylation is 1. The second kappa shape index (κ2) is 5.92. The van der Waals surface area contributed by atoms with Crippen LogP contribution in [0, 0.1) is 6.92 Å². The van der Waals surface area contributed by atoms with Gasteiger partial charge in [0.1, 0.15) is 12.3 Å². The summed E-state index contributed by atoms with van der Waals surface area (Å²) in [5.41, 5.74) is 5.74. The molecule has 0 aromatic heterocycles. The number of rotatable bonds is 4. The maximum atomic E-state index is 12.4. The summed E-state index contributed by atoms with van der Waals surface area (Å²) in [5.74, 6) is -1.23. The van der Waals surface area contributed by atoms with Crippen molar-refractivity contribution in [2.75, 3.05) is 19.6 Å². The Balaban J connectivity index is 2.99. The van der Waals surface area contributed by atoms with E-state index in [0.29, 0.717) is 10.5 Å². The van der Waals surface area contributed by atoms with Gasteiger partial charge in [-0.2, -0.15) is 13.2 Å². The van der Waals surface area contributed by atoms with E-state index in [1.54, 1.807) is 13.0 Å². The Kier molecular flexibility index (Phi) is 4.77. The molecule has 0 atom stereocenters. The van der Waals surface area contributed by atoms with Gasteiger partial charge in [0.05, 0.1) is 5.56 Å². The molecule has 106 valence electrons. The van der Waals surface area contributed by atoms with Crippen LogP contribution in [0.3, 0.4) is 0 Å². The third-order valence-corrected chi connectivity index (χ3v) is 2.44. The van der Waals surface area contributed by atoms with Gasteiger partial charge in [-0.1, -0.05) is 6.07 Å². The number of aromatic hydroxyl groups is 1. The van der Waals surface area contributed by atoms with E-state index in [-0.39, 0.29) is 24.4 Å². The molecule has 4 nitrogen and oxygen atoms in total. The number of phenolic OH excluding ortho intramolecular Hbond substituents is 1. The zero-order valence-corrected chi connectivity index (χ0v) is 10.4. The fourth-order valence-electron chi connectivity index (χ4n) is 1.62. The summed E-state index contributed by atoms with van der Waals surface area (Å²) < 4.78 is 37.1. The van der Waals surface area contributed by atoms with Crippen molar-refractivity contribution in [3.8, 4) is 5.75 Å². The van der Waals surface area contributed by atoms with Crippen molar-refractivity contribution in [2.45, 2.75) is 13.1 Å². The maximum Gasteiger partial charge on any atom is 0.406 e. The van der Waals surface area contributed by atoms with E-state index in [0.717, 1.165) is 0 Å².